The summed E-state index contributed by atoms with van der Waals surface area (Å²) < 4.78 is 0. The van der Waals surface area contributed by atoms with Gasteiger partial charge in [-0.15, -0.1) is 11.3 Å². The fourth-order valence-corrected chi connectivity index (χ4v) is 5.15. The number of rotatable bonds is 4. The Labute approximate surface area is 132 Å². The second-order valence-electron chi connectivity index (χ2n) is 8.16. The van der Waals surface area contributed by atoms with Crippen LogP contribution in [-0.4, -0.2) is 23.6 Å². The van der Waals surface area contributed by atoms with Gasteiger partial charge in [-0.2, -0.15) is 0 Å². The van der Waals surface area contributed by atoms with E-state index >= 15 is 0 Å². The summed E-state index contributed by atoms with van der Waals surface area (Å²) in [6, 6.07) is 1.55. The van der Waals surface area contributed by atoms with Gasteiger partial charge in [0, 0.05) is 35.5 Å². The van der Waals surface area contributed by atoms with E-state index in [2.05, 4.69) is 31.0 Å². The number of nitrogens with one attached hydrogen (secondary N) is 1. The molecule has 2 unspecified atom stereocenters. The molecule has 4 heteroatoms. The summed E-state index contributed by atoms with van der Waals surface area (Å²) in [4.78, 5) is 9.16. The first-order valence-electron chi connectivity index (χ1n) is 8.51. The summed E-state index contributed by atoms with van der Waals surface area (Å²) in [5, 5.41) is 4.97. The maximum Gasteiger partial charge on any atom is 0.186 e. The van der Waals surface area contributed by atoms with Crippen molar-refractivity contribution in [3.8, 4) is 0 Å². The van der Waals surface area contributed by atoms with Gasteiger partial charge in [-0.3, -0.25) is 0 Å². The van der Waals surface area contributed by atoms with Crippen LogP contribution in [0.1, 0.15) is 63.4 Å². The number of hydrogen-bond acceptors (Lipinski definition) is 4. The largest absolute Gasteiger partial charge is 0.345 e. The van der Waals surface area contributed by atoms with Crippen LogP contribution in [0, 0.1) is 5.92 Å². The first-order chi connectivity index (χ1) is 10.0. The van der Waals surface area contributed by atoms with E-state index < -0.39 is 0 Å². The van der Waals surface area contributed by atoms with Crippen LogP contribution in [0.5, 0.6) is 0 Å². The molecule has 21 heavy (non-hydrogen) atoms. The van der Waals surface area contributed by atoms with Crippen LogP contribution < -0.4 is 10.2 Å². The van der Waals surface area contributed by atoms with E-state index in [0.717, 1.165) is 24.5 Å². The van der Waals surface area contributed by atoms with Crippen LogP contribution >= 0.6 is 11.3 Å². The lowest BCUT2D eigenvalue weighted by atomic mass is 9.91. The maximum absolute atomic E-state index is 5.09. The number of anilines is 1. The second kappa shape index (κ2) is 4.95. The lowest BCUT2D eigenvalue weighted by Crippen LogP contribution is -2.31. The zero-order valence-electron chi connectivity index (χ0n) is 13.5. The quantitative estimate of drug-likeness (QED) is 0.919. The smallest absolute Gasteiger partial charge is 0.186 e. The van der Waals surface area contributed by atoms with Crippen LogP contribution in [-0.2, 0) is 12.0 Å². The van der Waals surface area contributed by atoms with Crippen molar-refractivity contribution in [1.29, 1.82) is 0 Å². The number of aromatic nitrogens is 1. The third-order valence-corrected chi connectivity index (χ3v) is 6.27. The Balaban J connectivity index is 1.59. The molecule has 3 fully saturated rings. The Morgan fingerprint density at radius 3 is 2.62 bits per heavy atom. The molecule has 2 bridgehead atoms. The molecule has 116 valence electrons. The zero-order valence-corrected chi connectivity index (χ0v) is 14.3. The van der Waals surface area contributed by atoms with Gasteiger partial charge in [-0.1, -0.05) is 20.8 Å². The van der Waals surface area contributed by atoms with Crippen molar-refractivity contribution in [3.63, 3.8) is 0 Å². The Kier molecular flexibility index (Phi) is 3.30. The van der Waals surface area contributed by atoms with Crippen molar-refractivity contribution in [2.75, 3.05) is 11.4 Å². The molecule has 2 heterocycles. The van der Waals surface area contributed by atoms with E-state index in [9.17, 15) is 0 Å². The molecule has 0 amide bonds. The van der Waals surface area contributed by atoms with Crippen molar-refractivity contribution < 1.29 is 0 Å². The van der Waals surface area contributed by atoms with Crippen molar-refractivity contribution in [3.05, 3.63) is 10.6 Å². The molecule has 2 aliphatic carbocycles. The predicted molar refractivity (Wildman–Crippen MR) is 89.2 cm³/mol. The minimum absolute atomic E-state index is 0.147. The van der Waals surface area contributed by atoms with Gasteiger partial charge in [-0.05, 0) is 38.0 Å². The minimum atomic E-state index is 0.147. The zero-order chi connectivity index (χ0) is 14.6. The molecule has 0 radical (unpaired) electrons. The standard InChI is InChI=1S/C17H27N3S/c1-17(2,3)15-14(9-18-12-5-6-12)21-16(19-15)20-10-11-4-7-13(20)8-11/h11-13,18H,4-10H2,1-3H3. The topological polar surface area (TPSA) is 28.2 Å². The summed E-state index contributed by atoms with van der Waals surface area (Å²) >= 11 is 1.95. The van der Waals surface area contributed by atoms with Gasteiger partial charge in [0.25, 0.3) is 0 Å². The summed E-state index contributed by atoms with van der Waals surface area (Å²) in [5.41, 5.74) is 1.46. The molecule has 2 saturated carbocycles. The molecular formula is C17H27N3S. The Hall–Kier alpha value is -0.610. The fraction of sp³-hybridized carbons (Fsp3) is 0.824. The van der Waals surface area contributed by atoms with Gasteiger partial charge < -0.3 is 10.2 Å². The molecule has 4 rings (SSSR count). The van der Waals surface area contributed by atoms with E-state index in [1.165, 1.54) is 54.4 Å². The van der Waals surface area contributed by atoms with Crippen LogP contribution in [0.15, 0.2) is 0 Å². The number of piperidine rings is 1. The van der Waals surface area contributed by atoms with Crippen molar-refractivity contribution >= 4 is 16.5 Å². The van der Waals surface area contributed by atoms with Gasteiger partial charge in [0.15, 0.2) is 5.13 Å². The third-order valence-electron chi connectivity index (χ3n) is 5.18. The minimum Gasteiger partial charge on any atom is -0.345 e. The van der Waals surface area contributed by atoms with Gasteiger partial charge in [0.1, 0.15) is 0 Å². The number of fused-ring (bicyclic) bond motifs is 2. The van der Waals surface area contributed by atoms with Gasteiger partial charge in [-0.25, -0.2) is 4.98 Å². The highest BCUT2D eigenvalue weighted by molar-refractivity contribution is 7.15. The second-order valence-corrected chi connectivity index (χ2v) is 9.22. The number of nitrogens with zero attached hydrogens (tertiary/aromatic N) is 2. The first-order valence-corrected chi connectivity index (χ1v) is 9.32. The van der Waals surface area contributed by atoms with E-state index in [-0.39, 0.29) is 5.41 Å². The highest BCUT2D eigenvalue weighted by Crippen LogP contribution is 2.43. The summed E-state index contributed by atoms with van der Waals surface area (Å²) in [6.07, 6.45) is 6.93. The molecule has 1 aromatic rings. The lowest BCUT2D eigenvalue weighted by molar-refractivity contribution is 0.543. The first kappa shape index (κ1) is 14.0. The Bertz CT molecular complexity index is 527. The molecule has 1 aliphatic heterocycles. The van der Waals surface area contributed by atoms with E-state index in [1.54, 1.807) is 0 Å². The lowest BCUT2D eigenvalue weighted by Gasteiger charge is -2.26. The van der Waals surface area contributed by atoms with Crippen molar-refractivity contribution in [1.82, 2.24) is 10.3 Å². The molecule has 2 atom stereocenters. The van der Waals surface area contributed by atoms with E-state index in [0.29, 0.717) is 0 Å². The fourth-order valence-electron chi connectivity index (χ4n) is 3.85. The van der Waals surface area contributed by atoms with Gasteiger partial charge in [0.2, 0.25) is 0 Å². The number of thiazole rings is 1. The molecule has 1 saturated heterocycles. The normalized spacial score (nSPS) is 28.6. The average molecular weight is 305 g/mol. The molecule has 3 aliphatic rings. The number of hydrogen-bond donors (Lipinski definition) is 1. The van der Waals surface area contributed by atoms with Crippen molar-refractivity contribution in [2.24, 2.45) is 5.92 Å². The average Bonchev–Trinajstić information content (AvgIpc) is 2.88. The van der Waals surface area contributed by atoms with Gasteiger partial charge in [0.05, 0.1) is 5.69 Å². The third kappa shape index (κ3) is 2.72. The molecule has 3 nitrogen and oxygen atoms in total. The Morgan fingerprint density at radius 1 is 1.24 bits per heavy atom. The monoisotopic (exact) mass is 305 g/mol. The van der Waals surface area contributed by atoms with Crippen LogP contribution in [0.25, 0.3) is 0 Å². The van der Waals surface area contributed by atoms with E-state index in [1.807, 2.05) is 11.3 Å². The van der Waals surface area contributed by atoms with Crippen LogP contribution in [0.2, 0.25) is 0 Å². The van der Waals surface area contributed by atoms with Gasteiger partial charge >= 0.3 is 0 Å². The maximum atomic E-state index is 5.09. The molecule has 0 aromatic carbocycles. The van der Waals surface area contributed by atoms with Crippen molar-refractivity contribution in [2.45, 2.75) is 76.9 Å². The summed E-state index contributed by atoms with van der Waals surface area (Å²) in [6.45, 7) is 9.14. The summed E-state index contributed by atoms with van der Waals surface area (Å²) in [7, 11) is 0. The van der Waals surface area contributed by atoms with E-state index in [4.69, 9.17) is 4.98 Å². The predicted octanol–water partition coefficient (Wildman–Crippen LogP) is 3.68. The highest BCUT2D eigenvalue weighted by Gasteiger charge is 2.40. The summed E-state index contributed by atoms with van der Waals surface area (Å²) in [5.74, 6) is 0.935. The molecular weight excluding hydrogens is 278 g/mol. The molecule has 1 N–H and O–H groups in total. The highest BCUT2D eigenvalue weighted by atomic mass is 32.1. The Morgan fingerprint density at radius 2 is 2.05 bits per heavy atom. The SMILES string of the molecule is CC(C)(C)c1nc(N2CC3CCC2C3)sc1CNC1CC1. The van der Waals surface area contributed by atoms with Crippen LogP contribution in [0.4, 0.5) is 5.13 Å². The van der Waals surface area contributed by atoms with Crippen LogP contribution in [0.3, 0.4) is 0 Å². The molecule has 0 spiro atoms. The molecule has 1 aromatic heterocycles.